The van der Waals surface area contributed by atoms with Gasteiger partial charge in [0.2, 0.25) is 65.0 Å². The number of rotatable bonds is 15. The zero-order valence-electron chi connectivity index (χ0n) is 56.1. The normalized spacial score (nSPS) is 26.9. The Hall–Kier alpha value is -6.13. The van der Waals surface area contributed by atoms with E-state index in [1.165, 1.54) is 94.6 Å². The first-order valence-electron chi connectivity index (χ1n) is 30.6. The number of carbonyl (C=O) groups is 11. The summed E-state index contributed by atoms with van der Waals surface area (Å²) in [5.74, 6) is -9.77. The smallest absolute Gasteiger partial charge is 0.246 e. The molecule has 1 fully saturated rings. The van der Waals surface area contributed by atoms with Crippen molar-refractivity contribution < 1.29 is 57.8 Å². The average molecular weight is 1200 g/mol. The first kappa shape index (κ1) is 76.9. The van der Waals surface area contributed by atoms with Gasteiger partial charge >= 0.3 is 0 Å². The number of nitrogens with one attached hydrogen (secondary N) is 4. The highest BCUT2D eigenvalue weighted by Gasteiger charge is 2.45. The number of carbonyl (C=O) groups excluding carboxylic acids is 11. The van der Waals surface area contributed by atoms with Gasteiger partial charge in [0.25, 0.3) is 0 Å². The van der Waals surface area contributed by atoms with Gasteiger partial charge in [0.1, 0.15) is 60.4 Å². The maximum absolute atomic E-state index is 15.1. The van der Waals surface area contributed by atoms with Crippen molar-refractivity contribution in [2.45, 2.75) is 223 Å². The standard InChI is InChI=1S/C62H111N11O12/c1-25-26-27-28-40(14)52(75)51-56(79)65-42(16)57(80)67(18)33-48(74)68(19)44(29-34(2)3)55(78)66-49(38(10)11)61(84)69(20)45(30-35(4)5)54(77)63-41(15)53(76)64-43(17)58(81)70(21)46(31-36(6)7)59(82)71(22)47(32-37(8)9)60(83)72(23)50(39(12)13)62(85)73(51)24/h26-27,34-47,49-52,75H,25,28-33H2,1-24H3,(H,63,77)(H,64,76)(H,65,79)(H,66,78)/b27-26+/t40-,41?,42?,43-,44-,45-,46+,47+,49-,50+,51?,52-/m1/s1. The number of likely N-dealkylation sites (N-methyl/N-ethyl adjacent to an activating group) is 7. The van der Waals surface area contributed by atoms with E-state index in [0.29, 0.717) is 12.8 Å². The average Bonchev–Trinajstić information content (AvgIpc) is 3.28. The topological polar surface area (TPSA) is 279 Å². The van der Waals surface area contributed by atoms with Gasteiger partial charge in [-0.25, -0.2) is 0 Å². The minimum absolute atomic E-state index is 0.129. The third-order valence-corrected chi connectivity index (χ3v) is 15.9. The van der Waals surface area contributed by atoms with Crippen LogP contribution in [0.3, 0.4) is 0 Å². The molecular weight excluding hydrogens is 1090 g/mol. The Morgan fingerprint density at radius 3 is 1.27 bits per heavy atom. The van der Waals surface area contributed by atoms with Crippen molar-refractivity contribution in [1.29, 1.82) is 0 Å². The molecule has 0 aliphatic carbocycles. The summed E-state index contributed by atoms with van der Waals surface area (Å²) >= 11 is 0. The van der Waals surface area contributed by atoms with Gasteiger partial charge in [-0.05, 0) is 101 Å². The summed E-state index contributed by atoms with van der Waals surface area (Å²) in [4.78, 5) is 168. The van der Waals surface area contributed by atoms with Crippen LogP contribution >= 0.6 is 0 Å². The molecule has 1 saturated heterocycles. The van der Waals surface area contributed by atoms with Gasteiger partial charge in [0.15, 0.2) is 0 Å². The van der Waals surface area contributed by atoms with Crippen LogP contribution in [0.4, 0.5) is 0 Å². The molecule has 85 heavy (non-hydrogen) atoms. The predicted molar refractivity (Wildman–Crippen MR) is 328 cm³/mol. The zero-order chi connectivity index (χ0) is 66.0. The van der Waals surface area contributed by atoms with E-state index in [1.807, 2.05) is 74.5 Å². The molecule has 0 radical (unpaired) electrons. The molecule has 23 nitrogen and oxygen atoms in total. The van der Waals surface area contributed by atoms with E-state index in [2.05, 4.69) is 21.3 Å². The van der Waals surface area contributed by atoms with Crippen molar-refractivity contribution >= 4 is 65.0 Å². The maximum atomic E-state index is 15.1. The summed E-state index contributed by atoms with van der Waals surface area (Å²) in [5, 5.41) is 23.0. The van der Waals surface area contributed by atoms with E-state index in [0.717, 1.165) is 9.80 Å². The first-order chi connectivity index (χ1) is 39.2. The molecule has 5 N–H and O–H groups in total. The summed E-state index contributed by atoms with van der Waals surface area (Å²) in [6, 6.07) is -12.4. The summed E-state index contributed by atoms with van der Waals surface area (Å²) < 4.78 is 0. The largest absolute Gasteiger partial charge is 0.390 e. The highest BCUT2D eigenvalue weighted by atomic mass is 16.3. The summed E-state index contributed by atoms with van der Waals surface area (Å²) in [7, 11) is 9.88. The Labute approximate surface area is 508 Å². The maximum Gasteiger partial charge on any atom is 0.246 e. The monoisotopic (exact) mass is 1200 g/mol. The van der Waals surface area contributed by atoms with E-state index in [4.69, 9.17) is 0 Å². The van der Waals surface area contributed by atoms with Crippen LogP contribution in [0.1, 0.15) is 156 Å². The minimum Gasteiger partial charge on any atom is -0.390 e. The third kappa shape index (κ3) is 22.0. The molecule has 11 amide bonds. The summed E-state index contributed by atoms with van der Waals surface area (Å²) in [5.41, 5.74) is 0. The van der Waals surface area contributed by atoms with Crippen molar-refractivity contribution in [1.82, 2.24) is 55.6 Å². The lowest BCUT2D eigenvalue weighted by atomic mass is 9.91. The van der Waals surface area contributed by atoms with Gasteiger partial charge in [-0.2, -0.15) is 0 Å². The van der Waals surface area contributed by atoms with Gasteiger partial charge in [0.05, 0.1) is 12.6 Å². The van der Waals surface area contributed by atoms with Crippen molar-refractivity contribution in [3.63, 3.8) is 0 Å². The molecule has 1 aliphatic heterocycles. The summed E-state index contributed by atoms with van der Waals surface area (Å²) in [6.45, 7) is 29.2. The van der Waals surface area contributed by atoms with Gasteiger partial charge in [0, 0.05) is 49.3 Å². The molecule has 0 bridgehead atoms. The molecule has 23 heteroatoms. The molecule has 0 aromatic carbocycles. The van der Waals surface area contributed by atoms with E-state index in [9.17, 15) is 48.3 Å². The van der Waals surface area contributed by atoms with Crippen LogP contribution in [0.15, 0.2) is 12.2 Å². The van der Waals surface area contributed by atoms with Crippen LogP contribution in [0, 0.1) is 41.4 Å². The number of aliphatic hydroxyl groups is 1. The number of amides is 11. The van der Waals surface area contributed by atoms with Crippen LogP contribution in [0.2, 0.25) is 0 Å². The third-order valence-electron chi connectivity index (χ3n) is 15.9. The second kappa shape index (κ2) is 34.9. The molecule has 0 aromatic heterocycles. The number of aliphatic hydroxyl groups excluding tert-OH is 1. The SMILES string of the molecule is CC/C=C/C[C@@H](C)[C@@H](O)C1C(=O)NC(C)C(=O)N(C)CC(=O)N(C)[C@H](CC(C)C)C(=O)N[C@H](C(C)C)C(=O)N(C)[C@H](CC(C)C)C(=O)NC(C)C(=O)N[C@H](C)C(=O)N(C)[C@@H](CC(C)C)C(=O)N(C)[C@@H](CC(C)C)C(=O)N(C)[C@@H](C(C)C)C(=O)N1C. The Morgan fingerprint density at radius 1 is 0.424 bits per heavy atom. The molecule has 0 spiro atoms. The quantitative estimate of drug-likeness (QED) is 0.148. The number of hydrogen-bond acceptors (Lipinski definition) is 12. The molecule has 12 atom stereocenters. The van der Waals surface area contributed by atoms with Gasteiger partial charge in [-0.3, -0.25) is 52.7 Å². The van der Waals surface area contributed by atoms with E-state index >= 15 is 9.59 Å². The van der Waals surface area contributed by atoms with E-state index in [-0.39, 0.29) is 49.4 Å². The van der Waals surface area contributed by atoms with Gasteiger partial charge in [-0.1, -0.05) is 109 Å². The van der Waals surface area contributed by atoms with Crippen molar-refractivity contribution in [3.05, 3.63) is 12.2 Å². The lowest BCUT2D eigenvalue weighted by molar-refractivity contribution is -0.157. The molecule has 1 heterocycles. The Kier molecular flexibility index (Phi) is 31.5. The molecule has 0 saturated carbocycles. The van der Waals surface area contributed by atoms with Crippen molar-refractivity contribution in [2.75, 3.05) is 55.9 Å². The van der Waals surface area contributed by atoms with Crippen molar-refractivity contribution in [2.24, 2.45) is 41.4 Å². The number of hydrogen-bond donors (Lipinski definition) is 5. The molecular formula is C62H111N11O12. The first-order valence-corrected chi connectivity index (χ1v) is 30.6. The Balaban J connectivity index is 4.29. The fourth-order valence-electron chi connectivity index (χ4n) is 10.6. The number of allylic oxidation sites excluding steroid dienone is 2. The van der Waals surface area contributed by atoms with Gasteiger partial charge in [-0.15, -0.1) is 0 Å². The lowest BCUT2D eigenvalue weighted by Gasteiger charge is -2.41. The molecule has 1 aliphatic rings. The van der Waals surface area contributed by atoms with Crippen LogP contribution in [-0.2, 0) is 52.7 Å². The zero-order valence-corrected chi connectivity index (χ0v) is 56.1. The Morgan fingerprint density at radius 2 is 0.812 bits per heavy atom. The van der Waals surface area contributed by atoms with Crippen LogP contribution in [-0.4, -0.2) is 227 Å². The molecule has 0 aromatic rings. The van der Waals surface area contributed by atoms with Crippen molar-refractivity contribution in [3.8, 4) is 0 Å². The minimum atomic E-state index is -1.61. The van der Waals surface area contributed by atoms with E-state index < -0.39 is 156 Å². The fraction of sp³-hybridized carbons (Fsp3) is 0.790. The fourth-order valence-corrected chi connectivity index (χ4v) is 10.6. The highest BCUT2D eigenvalue weighted by Crippen LogP contribution is 2.25. The lowest BCUT2D eigenvalue weighted by Crippen LogP contribution is -2.63. The molecule has 3 unspecified atom stereocenters. The molecule has 1 rings (SSSR count). The predicted octanol–water partition coefficient (Wildman–Crippen LogP) is 3.27. The van der Waals surface area contributed by atoms with Crippen LogP contribution in [0.5, 0.6) is 0 Å². The van der Waals surface area contributed by atoms with Crippen LogP contribution < -0.4 is 21.3 Å². The second-order valence-corrected chi connectivity index (χ2v) is 26.2. The second-order valence-electron chi connectivity index (χ2n) is 26.2. The van der Waals surface area contributed by atoms with Gasteiger partial charge < -0.3 is 60.7 Å². The van der Waals surface area contributed by atoms with E-state index in [1.54, 1.807) is 34.6 Å². The number of nitrogens with zero attached hydrogens (tertiary/aromatic N) is 7. The highest BCUT2D eigenvalue weighted by molar-refractivity contribution is 5.99. The summed E-state index contributed by atoms with van der Waals surface area (Å²) in [6.07, 6.45) is 3.91. The van der Waals surface area contributed by atoms with Crippen LogP contribution in [0.25, 0.3) is 0 Å². The molecule has 486 valence electrons. The Bertz CT molecular complexity index is 2330.